The molecule has 94 valence electrons. The number of carbonyl (C=O) groups is 1. The maximum atomic E-state index is 11.5. The summed E-state index contributed by atoms with van der Waals surface area (Å²) in [5.41, 5.74) is 0.158. The van der Waals surface area contributed by atoms with Gasteiger partial charge in [0.1, 0.15) is 0 Å². The van der Waals surface area contributed by atoms with E-state index in [2.05, 4.69) is 15.9 Å². The van der Waals surface area contributed by atoms with Crippen LogP contribution in [0.4, 0.5) is 0 Å². The van der Waals surface area contributed by atoms with Gasteiger partial charge in [-0.15, -0.1) is 0 Å². The second-order valence-corrected chi connectivity index (χ2v) is 5.71. The molecule has 0 aliphatic rings. The number of halogens is 1. The molecule has 0 aliphatic carbocycles. The molecule has 1 aromatic rings. The number of hydrogen-bond acceptors (Lipinski definition) is 4. The third-order valence-electron chi connectivity index (χ3n) is 1.91. The number of carbonyl (C=O) groups excluding carboxylic acids is 1. The van der Waals surface area contributed by atoms with Gasteiger partial charge in [0.25, 0.3) is 0 Å². The predicted octanol–water partition coefficient (Wildman–Crippen LogP) is 1.66. The van der Waals surface area contributed by atoms with E-state index in [0.29, 0.717) is 17.5 Å². The van der Waals surface area contributed by atoms with Crippen molar-refractivity contribution >= 4 is 31.9 Å². The Labute approximate surface area is 108 Å². The zero-order valence-corrected chi connectivity index (χ0v) is 11.5. The van der Waals surface area contributed by atoms with Gasteiger partial charge in [-0.3, -0.25) is 0 Å². The maximum Gasteiger partial charge on any atom is 0.338 e. The lowest BCUT2D eigenvalue weighted by Crippen LogP contribution is -2.14. The van der Waals surface area contributed by atoms with Crippen LogP contribution in [0.1, 0.15) is 23.7 Å². The third-order valence-corrected chi connectivity index (χ3v) is 3.82. The van der Waals surface area contributed by atoms with Crippen molar-refractivity contribution in [3.8, 4) is 0 Å². The Bertz CT molecular complexity index is 527. The topological polar surface area (TPSA) is 86.5 Å². The van der Waals surface area contributed by atoms with Crippen molar-refractivity contribution < 1.29 is 17.9 Å². The third kappa shape index (κ3) is 3.79. The molecule has 0 bridgehead atoms. The summed E-state index contributed by atoms with van der Waals surface area (Å²) < 4.78 is 27.7. The lowest BCUT2D eigenvalue weighted by Gasteiger charge is -2.06. The van der Waals surface area contributed by atoms with Crippen molar-refractivity contribution in [2.75, 3.05) is 6.61 Å². The fourth-order valence-electron chi connectivity index (χ4n) is 1.13. The van der Waals surface area contributed by atoms with Crippen LogP contribution in [-0.4, -0.2) is 21.0 Å². The molecular formula is C10H12BrNO4S. The van der Waals surface area contributed by atoms with E-state index < -0.39 is 16.0 Å². The number of ether oxygens (including phenoxy) is 1. The van der Waals surface area contributed by atoms with Gasteiger partial charge in [-0.1, -0.05) is 6.92 Å². The molecule has 0 saturated heterocycles. The van der Waals surface area contributed by atoms with Crippen molar-refractivity contribution in [2.24, 2.45) is 5.14 Å². The highest BCUT2D eigenvalue weighted by Gasteiger charge is 2.16. The minimum absolute atomic E-state index is 0.136. The van der Waals surface area contributed by atoms with Crippen LogP contribution in [-0.2, 0) is 14.8 Å². The molecule has 0 amide bonds. The minimum atomic E-state index is -3.86. The Kier molecular flexibility index (Phi) is 4.67. The lowest BCUT2D eigenvalue weighted by atomic mass is 10.2. The number of rotatable bonds is 4. The highest BCUT2D eigenvalue weighted by Crippen LogP contribution is 2.22. The van der Waals surface area contributed by atoms with E-state index in [9.17, 15) is 13.2 Å². The molecule has 0 unspecified atom stereocenters. The van der Waals surface area contributed by atoms with Crippen LogP contribution in [0.3, 0.4) is 0 Å². The van der Waals surface area contributed by atoms with E-state index in [1.54, 1.807) is 0 Å². The SMILES string of the molecule is CCCOC(=O)c1ccc(Br)c(S(N)(=O)=O)c1. The summed E-state index contributed by atoms with van der Waals surface area (Å²) in [6.07, 6.45) is 0.699. The Morgan fingerprint density at radius 1 is 1.47 bits per heavy atom. The molecule has 0 radical (unpaired) electrons. The van der Waals surface area contributed by atoms with E-state index in [1.807, 2.05) is 6.92 Å². The van der Waals surface area contributed by atoms with Gasteiger partial charge >= 0.3 is 5.97 Å². The normalized spacial score (nSPS) is 11.2. The predicted molar refractivity (Wildman–Crippen MR) is 66.1 cm³/mol. The molecule has 1 rings (SSSR count). The number of hydrogen-bond donors (Lipinski definition) is 1. The van der Waals surface area contributed by atoms with E-state index >= 15 is 0 Å². The fraction of sp³-hybridized carbons (Fsp3) is 0.300. The van der Waals surface area contributed by atoms with Crippen LogP contribution < -0.4 is 5.14 Å². The fourth-order valence-corrected chi connectivity index (χ4v) is 2.68. The quantitative estimate of drug-likeness (QED) is 0.854. The number of esters is 1. The number of benzene rings is 1. The van der Waals surface area contributed by atoms with Crippen molar-refractivity contribution in [3.63, 3.8) is 0 Å². The van der Waals surface area contributed by atoms with Crippen molar-refractivity contribution in [1.29, 1.82) is 0 Å². The van der Waals surface area contributed by atoms with Gasteiger partial charge in [-0.05, 0) is 40.5 Å². The van der Waals surface area contributed by atoms with Gasteiger partial charge in [-0.25, -0.2) is 18.4 Å². The molecule has 0 fully saturated rings. The second-order valence-electron chi connectivity index (χ2n) is 3.33. The van der Waals surface area contributed by atoms with Gasteiger partial charge in [-0.2, -0.15) is 0 Å². The molecule has 0 spiro atoms. The summed E-state index contributed by atoms with van der Waals surface area (Å²) in [6.45, 7) is 2.16. The van der Waals surface area contributed by atoms with Gasteiger partial charge in [0, 0.05) is 4.47 Å². The summed E-state index contributed by atoms with van der Waals surface area (Å²) in [5.74, 6) is -0.566. The van der Waals surface area contributed by atoms with Crippen molar-refractivity contribution in [2.45, 2.75) is 18.2 Å². The second kappa shape index (κ2) is 5.61. The molecule has 0 atom stereocenters. The Balaban J connectivity index is 3.09. The molecular weight excluding hydrogens is 310 g/mol. The summed E-state index contributed by atoms with van der Waals surface area (Å²) in [7, 11) is -3.86. The Morgan fingerprint density at radius 3 is 2.65 bits per heavy atom. The molecule has 2 N–H and O–H groups in total. The molecule has 0 aliphatic heterocycles. The first-order valence-electron chi connectivity index (χ1n) is 4.85. The highest BCUT2D eigenvalue weighted by molar-refractivity contribution is 9.10. The summed E-state index contributed by atoms with van der Waals surface area (Å²) in [5, 5.41) is 5.02. The maximum absolute atomic E-state index is 11.5. The number of nitrogens with two attached hydrogens (primary N) is 1. The van der Waals surface area contributed by atoms with Crippen molar-refractivity contribution in [3.05, 3.63) is 28.2 Å². The molecule has 0 saturated carbocycles. The van der Waals surface area contributed by atoms with Gasteiger partial charge < -0.3 is 4.74 Å². The van der Waals surface area contributed by atoms with Crippen LogP contribution in [0.25, 0.3) is 0 Å². The average molecular weight is 322 g/mol. The molecule has 0 aromatic heterocycles. The Hall–Kier alpha value is -0.920. The van der Waals surface area contributed by atoms with E-state index in [1.165, 1.54) is 18.2 Å². The van der Waals surface area contributed by atoms with E-state index in [4.69, 9.17) is 9.88 Å². The summed E-state index contributed by atoms with van der Waals surface area (Å²) in [6, 6.07) is 4.11. The average Bonchev–Trinajstić information content (AvgIpc) is 2.25. The van der Waals surface area contributed by atoms with Crippen LogP contribution in [0.2, 0.25) is 0 Å². The smallest absolute Gasteiger partial charge is 0.338 e. The molecule has 0 heterocycles. The summed E-state index contributed by atoms with van der Waals surface area (Å²) >= 11 is 3.06. The zero-order valence-electron chi connectivity index (χ0n) is 9.14. The first-order valence-corrected chi connectivity index (χ1v) is 7.19. The largest absolute Gasteiger partial charge is 0.462 e. The molecule has 7 heteroatoms. The van der Waals surface area contributed by atoms with Gasteiger partial charge in [0.2, 0.25) is 10.0 Å². The van der Waals surface area contributed by atoms with Crippen molar-refractivity contribution in [1.82, 2.24) is 0 Å². The minimum Gasteiger partial charge on any atom is -0.462 e. The first kappa shape index (κ1) is 14.1. The first-order chi connectivity index (χ1) is 7.86. The summed E-state index contributed by atoms with van der Waals surface area (Å²) in [4.78, 5) is 11.4. The van der Waals surface area contributed by atoms with Gasteiger partial charge in [0.05, 0.1) is 17.1 Å². The monoisotopic (exact) mass is 321 g/mol. The standard InChI is InChI=1S/C10H12BrNO4S/c1-2-5-16-10(13)7-3-4-8(11)9(6-7)17(12,14)15/h3-4,6H,2,5H2,1H3,(H2,12,14,15). The number of primary sulfonamides is 1. The molecule has 1 aromatic carbocycles. The van der Waals surface area contributed by atoms with Crippen LogP contribution in [0, 0.1) is 0 Å². The Morgan fingerprint density at radius 2 is 2.12 bits per heavy atom. The number of sulfonamides is 1. The zero-order chi connectivity index (χ0) is 13.1. The van der Waals surface area contributed by atoms with E-state index in [-0.39, 0.29) is 10.5 Å². The van der Waals surface area contributed by atoms with Crippen LogP contribution in [0.15, 0.2) is 27.6 Å². The molecule has 17 heavy (non-hydrogen) atoms. The molecule has 5 nitrogen and oxygen atoms in total. The van der Waals surface area contributed by atoms with Gasteiger partial charge in [0.15, 0.2) is 0 Å². The van der Waals surface area contributed by atoms with Crippen LogP contribution >= 0.6 is 15.9 Å². The van der Waals surface area contributed by atoms with Crippen LogP contribution in [0.5, 0.6) is 0 Å². The van der Waals surface area contributed by atoms with E-state index in [0.717, 1.165) is 0 Å². The highest BCUT2D eigenvalue weighted by atomic mass is 79.9. The lowest BCUT2D eigenvalue weighted by molar-refractivity contribution is 0.0505.